The second-order valence-electron chi connectivity index (χ2n) is 5.72. The van der Waals surface area contributed by atoms with Gasteiger partial charge >= 0.3 is 0 Å². The summed E-state index contributed by atoms with van der Waals surface area (Å²) >= 11 is 1.80. The molecule has 1 aromatic heterocycles. The van der Waals surface area contributed by atoms with Crippen LogP contribution in [-0.4, -0.2) is 18.3 Å². The third kappa shape index (κ3) is 8.39. The smallest absolute Gasteiger partial charge is 0.213 e. The first kappa shape index (κ1) is 22.5. The molecule has 3 heteroatoms. The van der Waals surface area contributed by atoms with Crippen LogP contribution in [0.4, 0.5) is 0 Å². The van der Waals surface area contributed by atoms with Crippen LogP contribution in [0.25, 0.3) is 0 Å². The van der Waals surface area contributed by atoms with E-state index in [1.807, 2.05) is 26.0 Å². The fourth-order valence-corrected chi connectivity index (χ4v) is 2.36. The molecule has 1 heterocycles. The molecule has 0 bridgehead atoms. The van der Waals surface area contributed by atoms with Crippen molar-refractivity contribution in [2.24, 2.45) is 0 Å². The van der Waals surface area contributed by atoms with Gasteiger partial charge in [0.25, 0.3) is 0 Å². The van der Waals surface area contributed by atoms with Gasteiger partial charge in [0, 0.05) is 17.2 Å². The lowest BCUT2D eigenvalue weighted by molar-refractivity contribution is 0.397. The molecular formula is C21H33NOS. The van der Waals surface area contributed by atoms with E-state index in [0.29, 0.717) is 17.7 Å². The third-order valence-corrected chi connectivity index (χ3v) is 4.12. The highest BCUT2D eigenvalue weighted by Gasteiger charge is 2.00. The Morgan fingerprint density at radius 1 is 0.917 bits per heavy atom. The van der Waals surface area contributed by atoms with Gasteiger partial charge in [-0.1, -0.05) is 53.7 Å². The monoisotopic (exact) mass is 347 g/mol. The molecule has 0 aliphatic heterocycles. The second kappa shape index (κ2) is 12.9. The van der Waals surface area contributed by atoms with E-state index < -0.39 is 0 Å². The molecule has 24 heavy (non-hydrogen) atoms. The minimum absolute atomic E-state index is 0.534. The van der Waals surface area contributed by atoms with Crippen molar-refractivity contribution in [3.05, 3.63) is 53.7 Å². The maximum absolute atomic E-state index is 4.99. The van der Waals surface area contributed by atoms with Gasteiger partial charge in [0.05, 0.1) is 7.11 Å². The van der Waals surface area contributed by atoms with Crippen LogP contribution in [-0.2, 0) is 0 Å². The molecule has 1 aromatic carbocycles. The van der Waals surface area contributed by atoms with Gasteiger partial charge in [-0.05, 0) is 47.4 Å². The number of ether oxygens (including phenoxy) is 1. The van der Waals surface area contributed by atoms with Crippen LogP contribution >= 0.6 is 11.8 Å². The SMILES string of the molecule is CC.COc1cc(C(C)C)ccn1.CSc1cccc(C(C)C)c1. The Hall–Kier alpha value is -1.48. The third-order valence-electron chi connectivity index (χ3n) is 3.40. The van der Waals surface area contributed by atoms with Gasteiger partial charge in [0.15, 0.2) is 0 Å². The highest BCUT2D eigenvalue weighted by molar-refractivity contribution is 7.98. The number of rotatable bonds is 4. The predicted octanol–water partition coefficient (Wildman–Crippen LogP) is 6.77. The molecule has 2 nitrogen and oxygen atoms in total. The lowest BCUT2D eigenvalue weighted by Gasteiger charge is -2.05. The van der Waals surface area contributed by atoms with Gasteiger partial charge < -0.3 is 4.74 Å². The van der Waals surface area contributed by atoms with Gasteiger partial charge in [-0.15, -0.1) is 11.8 Å². The molecule has 0 saturated carbocycles. The molecule has 0 atom stereocenters. The molecule has 2 aromatic rings. The second-order valence-corrected chi connectivity index (χ2v) is 6.60. The summed E-state index contributed by atoms with van der Waals surface area (Å²) in [6.45, 7) is 12.7. The Morgan fingerprint density at radius 2 is 1.50 bits per heavy atom. The Labute approximate surface area is 153 Å². The lowest BCUT2D eigenvalue weighted by atomic mass is 10.0. The number of thioether (sulfide) groups is 1. The van der Waals surface area contributed by atoms with E-state index in [1.54, 1.807) is 25.1 Å². The summed E-state index contributed by atoms with van der Waals surface area (Å²) in [7, 11) is 1.63. The fourth-order valence-electron chi connectivity index (χ4n) is 1.90. The molecule has 0 aliphatic carbocycles. The van der Waals surface area contributed by atoms with Gasteiger partial charge in [-0.2, -0.15) is 0 Å². The zero-order chi connectivity index (χ0) is 18.5. The molecular weight excluding hydrogens is 314 g/mol. The molecule has 0 amide bonds. The molecule has 0 radical (unpaired) electrons. The van der Waals surface area contributed by atoms with E-state index in [0.717, 1.165) is 0 Å². The average Bonchev–Trinajstić information content (AvgIpc) is 2.64. The van der Waals surface area contributed by atoms with E-state index in [2.05, 4.69) is 63.2 Å². The molecule has 134 valence electrons. The van der Waals surface area contributed by atoms with Crippen molar-refractivity contribution in [2.45, 2.75) is 58.3 Å². The van der Waals surface area contributed by atoms with Crippen LogP contribution in [0.1, 0.15) is 64.5 Å². The lowest BCUT2D eigenvalue weighted by Crippen LogP contribution is -1.91. The number of pyridine rings is 1. The zero-order valence-electron chi connectivity index (χ0n) is 16.5. The Morgan fingerprint density at radius 3 is 2.00 bits per heavy atom. The number of methoxy groups -OCH3 is 1. The minimum Gasteiger partial charge on any atom is -0.481 e. The average molecular weight is 348 g/mol. The first-order valence-corrected chi connectivity index (χ1v) is 9.84. The zero-order valence-corrected chi connectivity index (χ0v) is 17.3. The summed E-state index contributed by atoms with van der Waals surface area (Å²) in [4.78, 5) is 5.38. The topological polar surface area (TPSA) is 22.1 Å². The van der Waals surface area contributed by atoms with Crippen LogP contribution in [0, 0.1) is 0 Å². The molecule has 0 saturated heterocycles. The summed E-state index contributed by atoms with van der Waals surface area (Å²) in [5.74, 6) is 1.87. The normalized spacial score (nSPS) is 9.75. The largest absolute Gasteiger partial charge is 0.481 e. The first-order valence-electron chi connectivity index (χ1n) is 8.61. The molecule has 0 fully saturated rings. The predicted molar refractivity (Wildman–Crippen MR) is 109 cm³/mol. The van der Waals surface area contributed by atoms with E-state index in [1.165, 1.54) is 16.0 Å². The number of benzene rings is 1. The van der Waals surface area contributed by atoms with Crippen molar-refractivity contribution < 1.29 is 4.74 Å². The number of hydrogen-bond donors (Lipinski definition) is 0. The summed E-state index contributed by atoms with van der Waals surface area (Å²) in [6, 6.07) is 12.7. The summed E-state index contributed by atoms with van der Waals surface area (Å²) in [5.41, 5.74) is 2.69. The van der Waals surface area contributed by atoms with Crippen LogP contribution in [0.15, 0.2) is 47.5 Å². The van der Waals surface area contributed by atoms with E-state index in [4.69, 9.17) is 4.74 Å². The van der Waals surface area contributed by atoms with Gasteiger partial charge in [0.1, 0.15) is 0 Å². The van der Waals surface area contributed by atoms with Crippen molar-refractivity contribution in [2.75, 3.05) is 13.4 Å². The van der Waals surface area contributed by atoms with Gasteiger partial charge in [0.2, 0.25) is 5.88 Å². The summed E-state index contributed by atoms with van der Waals surface area (Å²) in [6.07, 6.45) is 3.88. The molecule has 0 unspecified atom stereocenters. The maximum Gasteiger partial charge on any atom is 0.213 e. The minimum atomic E-state index is 0.534. The molecule has 2 rings (SSSR count). The van der Waals surface area contributed by atoms with Crippen LogP contribution in [0.5, 0.6) is 5.88 Å². The first-order chi connectivity index (χ1) is 11.5. The van der Waals surface area contributed by atoms with Gasteiger partial charge in [-0.25, -0.2) is 4.98 Å². The Kier molecular flexibility index (Phi) is 12.1. The van der Waals surface area contributed by atoms with E-state index >= 15 is 0 Å². The molecule has 0 spiro atoms. The number of nitrogens with zero attached hydrogens (tertiary/aromatic N) is 1. The summed E-state index contributed by atoms with van der Waals surface area (Å²) in [5, 5.41) is 0. The quantitative estimate of drug-likeness (QED) is 0.570. The molecule has 0 N–H and O–H groups in total. The summed E-state index contributed by atoms with van der Waals surface area (Å²) < 4.78 is 4.99. The van der Waals surface area contributed by atoms with Crippen molar-refractivity contribution in [3.63, 3.8) is 0 Å². The fraction of sp³-hybridized carbons (Fsp3) is 0.476. The van der Waals surface area contributed by atoms with Crippen LogP contribution in [0.2, 0.25) is 0 Å². The standard InChI is InChI=1S/C10H14S.C9H13NO.C2H6/c1-8(2)9-5-4-6-10(7-9)11-3;1-7(2)8-4-5-10-9(6-8)11-3;1-2/h4-8H,1-3H3;4-7H,1-3H3;1-2H3. The number of hydrogen-bond acceptors (Lipinski definition) is 3. The number of aromatic nitrogens is 1. The molecule has 0 aliphatic rings. The van der Waals surface area contributed by atoms with Gasteiger partial charge in [-0.3, -0.25) is 0 Å². The van der Waals surface area contributed by atoms with Crippen molar-refractivity contribution in [3.8, 4) is 5.88 Å². The Bertz CT molecular complexity index is 516. The van der Waals surface area contributed by atoms with E-state index in [9.17, 15) is 0 Å². The van der Waals surface area contributed by atoms with Crippen LogP contribution in [0.3, 0.4) is 0 Å². The van der Waals surface area contributed by atoms with Crippen LogP contribution < -0.4 is 4.74 Å². The highest BCUT2D eigenvalue weighted by atomic mass is 32.2. The van der Waals surface area contributed by atoms with E-state index in [-0.39, 0.29) is 0 Å². The van der Waals surface area contributed by atoms with Crippen molar-refractivity contribution >= 4 is 11.8 Å². The van der Waals surface area contributed by atoms with Crippen molar-refractivity contribution in [1.82, 2.24) is 4.98 Å². The maximum atomic E-state index is 4.99. The Balaban J connectivity index is 0.000000400. The highest BCUT2D eigenvalue weighted by Crippen LogP contribution is 2.20. The van der Waals surface area contributed by atoms with Crippen molar-refractivity contribution in [1.29, 1.82) is 0 Å².